The number of allylic oxidation sites excluding steroid dienone is 1. The van der Waals surface area contributed by atoms with Gasteiger partial charge in [-0.2, -0.15) is 0 Å². The molecule has 4 aliphatic rings. The molecule has 2 aliphatic carbocycles. The van der Waals surface area contributed by atoms with Gasteiger partial charge in [0, 0.05) is 47.2 Å². The smallest absolute Gasteiger partial charge is 0.408 e. The third-order valence-electron chi connectivity index (χ3n) is 12.6. The van der Waals surface area contributed by atoms with Gasteiger partial charge in [-0.3, -0.25) is 18.9 Å². The van der Waals surface area contributed by atoms with Gasteiger partial charge in [-0.15, -0.1) is 11.3 Å². The van der Waals surface area contributed by atoms with Crippen LogP contribution in [0.4, 0.5) is 18.7 Å². The number of carbonyl (C=O) groups excluding carboxylic acids is 4. The standard InChI is InChI=1S/C46H52ClF2N6O10PS/c1-24(2)50-44-52-34(23-67-44)33-19-37(29-16-17-36(62-4)39(47)41(29)51-33)64-28-18-35-42(57)54-46(66(60,61)22-30-31(48)13-9-14-32(30)49)20-26(46)10-5-8-15-38(56)63-25(3)40(43(58)55(35)21-28)53-45(59)65-27-11-6-7-12-27/h5,9-10,13-14,16-17,19,23-28,35,40H,6-8,11-12,15,18,20-22H2,1-4H3,(H,50,52)(H,53,59)(H,54,57)(H,60,61)/b10-5-/t25-,26+,28+,35-,40-,46-/m0/s1. The molecule has 21 heteroatoms. The highest BCUT2D eigenvalue weighted by molar-refractivity contribution is 7.59. The first-order valence-electron chi connectivity index (χ1n) is 22.2. The maximum Gasteiger partial charge on any atom is 0.408 e. The molecule has 67 heavy (non-hydrogen) atoms. The number of pyridine rings is 1. The molecule has 0 bridgehead atoms. The number of carbonyl (C=O) groups is 4. The highest BCUT2D eigenvalue weighted by Gasteiger charge is 2.66. The summed E-state index contributed by atoms with van der Waals surface area (Å²) in [5.41, 5.74) is 0.613. The predicted molar refractivity (Wildman–Crippen MR) is 246 cm³/mol. The first-order valence-corrected chi connectivity index (χ1v) is 25.3. The minimum atomic E-state index is -4.72. The summed E-state index contributed by atoms with van der Waals surface area (Å²) in [7, 11) is -3.26. The van der Waals surface area contributed by atoms with Crippen LogP contribution in [-0.4, -0.2) is 99.0 Å². The molecule has 4 aromatic rings. The Kier molecular flexibility index (Phi) is 14.1. The summed E-state index contributed by atoms with van der Waals surface area (Å²) in [5.74, 6) is -4.61. The Hall–Kier alpha value is -5.36. The second-order valence-corrected chi connectivity index (χ2v) is 21.4. The summed E-state index contributed by atoms with van der Waals surface area (Å²) < 4.78 is 68.1. The van der Waals surface area contributed by atoms with Crippen molar-refractivity contribution in [2.24, 2.45) is 5.92 Å². The number of esters is 1. The van der Waals surface area contributed by atoms with Crippen LogP contribution in [0.2, 0.25) is 5.02 Å². The fraction of sp³-hybridized carbons (Fsp3) is 0.478. The summed E-state index contributed by atoms with van der Waals surface area (Å²) in [6.45, 7) is 5.15. The molecule has 4 heterocycles. The van der Waals surface area contributed by atoms with Crippen molar-refractivity contribution in [2.45, 2.75) is 120 Å². The quantitative estimate of drug-likeness (QED) is 0.0638. The molecular formula is C46H52ClF2N6O10PS. The molecule has 7 atom stereocenters. The molecule has 3 amide bonds. The van der Waals surface area contributed by atoms with E-state index in [0.717, 1.165) is 31.0 Å². The van der Waals surface area contributed by atoms with Gasteiger partial charge in [-0.25, -0.2) is 23.5 Å². The van der Waals surface area contributed by atoms with Crippen molar-refractivity contribution >= 4 is 70.2 Å². The molecule has 2 saturated carbocycles. The van der Waals surface area contributed by atoms with Crippen LogP contribution < -0.4 is 25.4 Å². The summed E-state index contributed by atoms with van der Waals surface area (Å²) in [6, 6.07) is 5.25. The van der Waals surface area contributed by atoms with Crippen LogP contribution in [-0.2, 0) is 34.6 Å². The number of alkyl carbamates (subject to hydrolysis) is 1. The van der Waals surface area contributed by atoms with Crippen molar-refractivity contribution < 1.29 is 56.4 Å². The van der Waals surface area contributed by atoms with Gasteiger partial charge in [-0.1, -0.05) is 29.8 Å². The molecule has 2 aromatic heterocycles. The van der Waals surface area contributed by atoms with E-state index in [1.807, 2.05) is 19.2 Å². The van der Waals surface area contributed by atoms with Crippen LogP contribution in [0.3, 0.4) is 0 Å². The molecule has 8 rings (SSSR count). The second-order valence-electron chi connectivity index (χ2n) is 17.7. The van der Waals surface area contributed by atoms with E-state index in [0.29, 0.717) is 46.0 Å². The van der Waals surface area contributed by atoms with E-state index in [4.69, 9.17) is 40.5 Å². The molecule has 0 spiro atoms. The van der Waals surface area contributed by atoms with Crippen molar-refractivity contribution in [1.82, 2.24) is 25.5 Å². The first kappa shape index (κ1) is 48.1. The summed E-state index contributed by atoms with van der Waals surface area (Å²) in [4.78, 5) is 79.0. The zero-order valence-corrected chi connectivity index (χ0v) is 39.7. The molecule has 3 fully saturated rings. The van der Waals surface area contributed by atoms with Gasteiger partial charge in [0.15, 0.2) is 5.13 Å². The highest BCUT2D eigenvalue weighted by Crippen LogP contribution is 2.71. The molecule has 2 aliphatic heterocycles. The first-order chi connectivity index (χ1) is 32.0. The lowest BCUT2D eigenvalue weighted by molar-refractivity contribution is -0.154. The van der Waals surface area contributed by atoms with Crippen LogP contribution >= 0.6 is 30.3 Å². The van der Waals surface area contributed by atoms with Crippen molar-refractivity contribution in [1.29, 1.82) is 0 Å². The van der Waals surface area contributed by atoms with Crippen molar-refractivity contribution in [2.75, 3.05) is 19.0 Å². The third-order valence-corrected chi connectivity index (χ3v) is 16.3. The number of hydrogen-bond donors (Lipinski definition) is 4. The number of halogens is 3. The molecule has 1 saturated heterocycles. The number of fused-ring (bicyclic) bond motifs is 3. The Bertz CT molecular complexity index is 2630. The molecule has 358 valence electrons. The van der Waals surface area contributed by atoms with Crippen LogP contribution in [0.15, 0.2) is 53.9 Å². The van der Waals surface area contributed by atoms with Gasteiger partial charge in [-0.05, 0) is 83.6 Å². The van der Waals surface area contributed by atoms with E-state index in [-0.39, 0.29) is 55.1 Å². The zero-order chi connectivity index (χ0) is 47.8. The Morgan fingerprint density at radius 2 is 1.85 bits per heavy atom. The van der Waals surface area contributed by atoms with Gasteiger partial charge >= 0.3 is 12.1 Å². The molecule has 2 aromatic carbocycles. The number of cyclic esters (lactones) is 1. The van der Waals surface area contributed by atoms with Crippen LogP contribution in [0.5, 0.6) is 11.5 Å². The number of aromatic nitrogens is 2. The van der Waals surface area contributed by atoms with Crippen LogP contribution in [0, 0.1) is 17.6 Å². The van der Waals surface area contributed by atoms with E-state index in [2.05, 4.69) is 16.0 Å². The van der Waals surface area contributed by atoms with Gasteiger partial charge < -0.3 is 44.7 Å². The fourth-order valence-electron chi connectivity index (χ4n) is 9.00. The average Bonchev–Trinajstić information content (AvgIpc) is 3.69. The molecule has 0 radical (unpaired) electrons. The third kappa shape index (κ3) is 10.2. The topological polar surface area (TPSA) is 208 Å². The highest BCUT2D eigenvalue weighted by atomic mass is 35.5. The average molecular weight is 985 g/mol. The van der Waals surface area contributed by atoms with E-state index in [1.165, 1.54) is 30.3 Å². The molecule has 16 nitrogen and oxygen atoms in total. The normalized spacial score (nSPS) is 26.1. The van der Waals surface area contributed by atoms with E-state index < -0.39 is 90.1 Å². The number of thiazole rings is 1. The number of methoxy groups -OCH3 is 1. The predicted octanol–water partition coefficient (Wildman–Crippen LogP) is 8.09. The molecular weight excluding hydrogens is 933 g/mol. The molecule has 1 unspecified atom stereocenters. The Morgan fingerprint density at radius 1 is 1.10 bits per heavy atom. The summed E-state index contributed by atoms with van der Waals surface area (Å²) in [6.07, 6.45) is 1.45. The van der Waals surface area contributed by atoms with Crippen LogP contribution in [0.25, 0.3) is 22.3 Å². The van der Waals surface area contributed by atoms with E-state index >= 15 is 4.79 Å². The number of benzene rings is 2. The number of rotatable bonds is 11. The zero-order valence-electron chi connectivity index (χ0n) is 37.3. The maximum atomic E-state index is 15.0. The van der Waals surface area contributed by atoms with E-state index in [1.54, 1.807) is 30.4 Å². The van der Waals surface area contributed by atoms with E-state index in [9.17, 15) is 32.6 Å². The number of ether oxygens (including phenoxy) is 4. The number of amides is 3. The second kappa shape index (κ2) is 19.7. The lowest BCUT2D eigenvalue weighted by Gasteiger charge is -2.32. The largest absolute Gasteiger partial charge is 0.495 e. The van der Waals surface area contributed by atoms with Gasteiger partial charge in [0.25, 0.3) is 0 Å². The van der Waals surface area contributed by atoms with Gasteiger partial charge in [0.05, 0.1) is 31.0 Å². The number of hydrogen-bond acceptors (Lipinski definition) is 13. The van der Waals surface area contributed by atoms with Crippen molar-refractivity contribution in [3.63, 3.8) is 0 Å². The van der Waals surface area contributed by atoms with Crippen LogP contribution in [0.1, 0.15) is 77.7 Å². The Balaban J connectivity index is 1.18. The van der Waals surface area contributed by atoms with Crippen molar-refractivity contribution in [3.05, 3.63) is 76.2 Å². The van der Waals surface area contributed by atoms with Gasteiger partial charge in [0.2, 0.25) is 19.2 Å². The number of nitrogens with zero attached hydrogens (tertiary/aromatic N) is 3. The number of nitrogens with one attached hydrogen (secondary N) is 3. The summed E-state index contributed by atoms with van der Waals surface area (Å²) >= 11 is 8.23. The maximum absolute atomic E-state index is 15.0. The minimum Gasteiger partial charge on any atom is -0.495 e. The molecule has 4 N–H and O–H groups in total. The fourth-order valence-corrected chi connectivity index (χ4v) is 12.5. The summed E-state index contributed by atoms with van der Waals surface area (Å²) in [5, 5.41) is 9.89. The SMILES string of the molecule is COc1ccc2c(O[C@@H]3C[C@H]4C(=O)N[C@]5(P(=O)(O)Cc6c(F)cccc6F)C[C@H]5/C=C\CCC(=O)O[C@@H](C)[C@H](NC(=O)OC5CCCC5)C(=O)N4C3)cc(-c3csc(NC(C)C)n3)nc2c1Cl. The Labute approximate surface area is 394 Å². The lowest BCUT2D eigenvalue weighted by atomic mass is 10.1. The monoisotopic (exact) mass is 984 g/mol. The minimum absolute atomic E-state index is 0.0840. The lowest BCUT2D eigenvalue weighted by Crippen LogP contribution is -2.58. The number of anilines is 1. The van der Waals surface area contributed by atoms with Gasteiger partial charge in [0.1, 0.15) is 69.5 Å². The Morgan fingerprint density at radius 3 is 2.57 bits per heavy atom. The van der Waals surface area contributed by atoms with Crippen molar-refractivity contribution in [3.8, 4) is 22.9 Å².